The first kappa shape index (κ1) is 19.0. The van der Waals surface area contributed by atoms with Crippen molar-refractivity contribution in [3.63, 3.8) is 0 Å². The van der Waals surface area contributed by atoms with Crippen LogP contribution in [-0.2, 0) is 14.3 Å². The second kappa shape index (κ2) is 8.69. The van der Waals surface area contributed by atoms with E-state index in [1.54, 1.807) is 6.07 Å². The predicted octanol–water partition coefficient (Wildman–Crippen LogP) is 3.57. The van der Waals surface area contributed by atoms with Crippen molar-refractivity contribution in [3.05, 3.63) is 51.6 Å². The number of rotatable bonds is 6. The van der Waals surface area contributed by atoms with Gasteiger partial charge in [0.05, 0.1) is 10.0 Å². The van der Waals surface area contributed by atoms with E-state index in [4.69, 9.17) is 32.7 Å². The number of halogens is 2. The lowest BCUT2D eigenvalue weighted by molar-refractivity contribution is -0.149. The lowest BCUT2D eigenvalue weighted by Crippen LogP contribution is -2.24. The molecule has 132 valence electrons. The number of esters is 1. The van der Waals surface area contributed by atoms with Crippen LogP contribution in [0, 0.1) is 13.8 Å². The third kappa shape index (κ3) is 5.62. The molecule has 0 unspecified atom stereocenters. The third-order valence-corrected chi connectivity index (χ3v) is 3.83. The molecule has 0 aliphatic heterocycles. The summed E-state index contributed by atoms with van der Waals surface area (Å²) in [5.74, 6) is -0.500. The zero-order valence-corrected chi connectivity index (χ0v) is 15.1. The van der Waals surface area contributed by atoms with Crippen molar-refractivity contribution in [1.29, 1.82) is 0 Å². The summed E-state index contributed by atoms with van der Waals surface area (Å²) in [7, 11) is 0. The maximum absolute atomic E-state index is 11.8. The normalized spacial score (nSPS) is 10.2. The summed E-state index contributed by atoms with van der Waals surface area (Å²) in [5, 5.41) is 2.96. The van der Waals surface area contributed by atoms with Crippen molar-refractivity contribution in [2.24, 2.45) is 0 Å². The number of nitrogens with zero attached hydrogens (tertiary/aromatic N) is 1. The molecule has 1 aromatic carbocycles. The topological polar surface area (TPSA) is 77.5 Å². The number of ether oxygens (including phenoxy) is 2. The fourth-order valence-electron chi connectivity index (χ4n) is 1.88. The highest BCUT2D eigenvalue weighted by Crippen LogP contribution is 2.22. The average Bonchev–Trinajstić information content (AvgIpc) is 2.57. The van der Waals surface area contributed by atoms with Gasteiger partial charge >= 0.3 is 5.97 Å². The molecule has 0 aliphatic carbocycles. The third-order valence-electron chi connectivity index (χ3n) is 3.33. The molecule has 1 heterocycles. The number of amides is 1. The number of hydrogen-bond acceptors (Lipinski definition) is 5. The summed E-state index contributed by atoms with van der Waals surface area (Å²) < 4.78 is 10.3. The van der Waals surface area contributed by atoms with E-state index in [0.717, 1.165) is 11.1 Å². The smallest absolute Gasteiger partial charge is 0.344 e. The van der Waals surface area contributed by atoms with Gasteiger partial charge in [-0.2, -0.15) is 0 Å². The van der Waals surface area contributed by atoms with Gasteiger partial charge in [-0.25, -0.2) is 9.78 Å². The van der Waals surface area contributed by atoms with Crippen molar-refractivity contribution >= 4 is 40.9 Å². The highest BCUT2D eigenvalue weighted by Gasteiger charge is 2.12. The summed E-state index contributed by atoms with van der Waals surface area (Å²) in [6.07, 6.45) is 1.34. The summed E-state index contributed by atoms with van der Waals surface area (Å²) in [6.45, 7) is 3.07. The van der Waals surface area contributed by atoms with E-state index in [0.29, 0.717) is 10.8 Å². The molecule has 0 saturated heterocycles. The summed E-state index contributed by atoms with van der Waals surface area (Å²) >= 11 is 11.6. The second-order valence-electron chi connectivity index (χ2n) is 5.18. The van der Waals surface area contributed by atoms with E-state index in [9.17, 15) is 9.59 Å². The van der Waals surface area contributed by atoms with Gasteiger partial charge in [-0.3, -0.25) is 4.79 Å². The minimum absolute atomic E-state index is 0.138. The Morgan fingerprint density at radius 1 is 1.20 bits per heavy atom. The van der Waals surface area contributed by atoms with E-state index in [-0.39, 0.29) is 17.4 Å². The van der Waals surface area contributed by atoms with Crippen molar-refractivity contribution in [3.8, 4) is 5.75 Å². The summed E-state index contributed by atoms with van der Waals surface area (Å²) in [5.41, 5.74) is 1.99. The number of pyridine rings is 1. The molecule has 1 aromatic heterocycles. The molecular formula is C17H16Cl2N2O4. The lowest BCUT2D eigenvalue weighted by atomic mass is 10.1. The molecule has 1 N–H and O–H groups in total. The average molecular weight is 383 g/mol. The van der Waals surface area contributed by atoms with E-state index in [1.807, 2.05) is 26.0 Å². The summed E-state index contributed by atoms with van der Waals surface area (Å²) in [6, 6.07) is 6.98. The molecule has 0 spiro atoms. The molecule has 25 heavy (non-hydrogen) atoms. The highest BCUT2D eigenvalue weighted by molar-refractivity contribution is 6.36. The predicted molar refractivity (Wildman–Crippen MR) is 95.3 cm³/mol. The van der Waals surface area contributed by atoms with E-state index < -0.39 is 18.5 Å². The Balaban J connectivity index is 1.79. The summed E-state index contributed by atoms with van der Waals surface area (Å²) in [4.78, 5) is 27.3. The lowest BCUT2D eigenvalue weighted by Gasteiger charge is -2.11. The fraction of sp³-hybridized carbons (Fsp3) is 0.235. The molecule has 0 aliphatic rings. The Kier molecular flexibility index (Phi) is 6.61. The van der Waals surface area contributed by atoms with Crippen LogP contribution in [0.2, 0.25) is 10.0 Å². The van der Waals surface area contributed by atoms with Gasteiger partial charge in [-0.05, 0) is 37.1 Å². The van der Waals surface area contributed by atoms with Gasteiger partial charge < -0.3 is 14.8 Å². The molecule has 0 bridgehead atoms. The number of carbonyl (C=O) groups excluding carboxylic acids is 2. The molecular weight excluding hydrogens is 367 g/mol. The number of benzene rings is 1. The van der Waals surface area contributed by atoms with Crippen molar-refractivity contribution in [2.75, 3.05) is 18.5 Å². The molecule has 0 radical (unpaired) electrons. The molecule has 0 atom stereocenters. The van der Waals surface area contributed by atoms with Gasteiger partial charge in [0, 0.05) is 6.20 Å². The minimum atomic E-state index is -0.661. The Labute approximate surface area is 155 Å². The van der Waals surface area contributed by atoms with Crippen LogP contribution in [-0.4, -0.2) is 30.1 Å². The molecule has 6 nitrogen and oxygen atoms in total. The van der Waals surface area contributed by atoms with E-state index in [1.165, 1.54) is 12.3 Å². The Hall–Kier alpha value is -2.31. The molecule has 2 rings (SSSR count). The Morgan fingerprint density at radius 3 is 2.68 bits per heavy atom. The highest BCUT2D eigenvalue weighted by atomic mass is 35.5. The number of aromatic nitrogens is 1. The van der Waals surface area contributed by atoms with Gasteiger partial charge in [0.2, 0.25) is 0 Å². The Bertz CT molecular complexity index is 796. The number of nitrogens with one attached hydrogen (secondary N) is 1. The number of carbonyl (C=O) groups is 2. The molecule has 0 saturated carbocycles. The molecule has 1 amide bonds. The zero-order valence-electron chi connectivity index (χ0n) is 13.6. The molecule has 8 heteroatoms. The number of aryl methyl sites for hydroxylation is 1. The van der Waals surface area contributed by atoms with Gasteiger partial charge in [-0.1, -0.05) is 35.3 Å². The first-order valence-electron chi connectivity index (χ1n) is 7.32. The van der Waals surface area contributed by atoms with Crippen LogP contribution in [0.5, 0.6) is 5.75 Å². The minimum Gasteiger partial charge on any atom is -0.482 e. The second-order valence-corrected chi connectivity index (χ2v) is 6.02. The van der Waals surface area contributed by atoms with Gasteiger partial charge in [0.15, 0.2) is 19.0 Å². The zero-order chi connectivity index (χ0) is 18.4. The van der Waals surface area contributed by atoms with Gasteiger partial charge in [0.25, 0.3) is 5.91 Å². The van der Waals surface area contributed by atoms with Gasteiger partial charge in [0.1, 0.15) is 5.75 Å². The number of hydrogen-bond donors (Lipinski definition) is 1. The van der Waals surface area contributed by atoms with E-state index in [2.05, 4.69) is 10.3 Å². The van der Waals surface area contributed by atoms with Crippen molar-refractivity contribution < 1.29 is 19.1 Å². The molecule has 2 aromatic rings. The molecule has 0 fully saturated rings. The number of anilines is 1. The first-order chi connectivity index (χ1) is 11.9. The van der Waals surface area contributed by atoms with Crippen LogP contribution < -0.4 is 10.1 Å². The fourth-order valence-corrected chi connectivity index (χ4v) is 2.31. The first-order valence-corrected chi connectivity index (χ1v) is 8.08. The SMILES string of the molecule is Cc1cccc(OCC(=O)OCC(=O)Nc2ncc(Cl)cc2Cl)c1C. The van der Waals surface area contributed by atoms with Crippen LogP contribution in [0.3, 0.4) is 0 Å². The van der Waals surface area contributed by atoms with Gasteiger partial charge in [-0.15, -0.1) is 0 Å². The maximum Gasteiger partial charge on any atom is 0.344 e. The maximum atomic E-state index is 11.8. The van der Waals surface area contributed by atoms with Crippen LogP contribution in [0.1, 0.15) is 11.1 Å². The largest absolute Gasteiger partial charge is 0.482 e. The van der Waals surface area contributed by atoms with Crippen LogP contribution in [0.4, 0.5) is 5.82 Å². The Morgan fingerprint density at radius 2 is 1.96 bits per heavy atom. The quantitative estimate of drug-likeness (QED) is 0.772. The van der Waals surface area contributed by atoms with Crippen LogP contribution in [0.15, 0.2) is 30.5 Å². The van der Waals surface area contributed by atoms with Crippen molar-refractivity contribution in [1.82, 2.24) is 4.98 Å². The van der Waals surface area contributed by atoms with Crippen LogP contribution in [0.25, 0.3) is 0 Å². The van der Waals surface area contributed by atoms with Crippen LogP contribution >= 0.6 is 23.2 Å². The van der Waals surface area contributed by atoms with Crippen molar-refractivity contribution in [2.45, 2.75) is 13.8 Å². The van der Waals surface area contributed by atoms with E-state index >= 15 is 0 Å². The monoisotopic (exact) mass is 382 g/mol. The standard InChI is InChI=1S/C17H16Cl2N2O4/c1-10-4-3-5-14(11(10)2)24-9-16(23)25-8-15(22)21-17-13(19)6-12(18)7-20-17/h3-7H,8-9H2,1-2H3,(H,20,21,22).